The Kier molecular flexibility index (Phi) is 6.57. The molecule has 2 aromatic rings. The standard InChI is InChI=1S/C19H22F3N3OS/c20-19(21,22)18-24-15-11-7-6-10-14(15)17(25-18)27-12-16(26)23-13-8-4-2-1-3-5-9-13/h6-7,10-11,13H,1-5,8-9,12H2,(H,23,26). The number of thioether (sulfide) groups is 1. The number of para-hydroxylation sites is 1. The van der Waals surface area contributed by atoms with Crippen LogP contribution in [0.25, 0.3) is 10.9 Å². The molecule has 1 aromatic heterocycles. The van der Waals surface area contributed by atoms with Gasteiger partial charge in [-0.2, -0.15) is 13.2 Å². The third-order valence-corrected chi connectivity index (χ3v) is 5.62. The summed E-state index contributed by atoms with van der Waals surface area (Å²) in [4.78, 5) is 19.6. The summed E-state index contributed by atoms with van der Waals surface area (Å²) in [5.74, 6) is -1.31. The number of alkyl halides is 3. The number of hydrogen-bond acceptors (Lipinski definition) is 4. The van der Waals surface area contributed by atoms with E-state index in [0.717, 1.165) is 37.4 Å². The zero-order chi connectivity index (χ0) is 19.3. The summed E-state index contributed by atoms with van der Waals surface area (Å²) in [7, 11) is 0. The number of hydrogen-bond donors (Lipinski definition) is 1. The van der Waals surface area contributed by atoms with Crippen molar-refractivity contribution in [3.05, 3.63) is 30.1 Å². The summed E-state index contributed by atoms with van der Waals surface area (Å²) in [6, 6.07) is 6.70. The van der Waals surface area contributed by atoms with Crippen molar-refractivity contribution in [2.75, 3.05) is 5.75 Å². The highest BCUT2D eigenvalue weighted by molar-refractivity contribution is 8.00. The van der Waals surface area contributed by atoms with Crippen LogP contribution >= 0.6 is 11.8 Å². The Balaban J connectivity index is 1.69. The van der Waals surface area contributed by atoms with Crippen LogP contribution in [0.15, 0.2) is 29.3 Å². The molecule has 1 saturated carbocycles. The predicted octanol–water partition coefficient (Wildman–Crippen LogP) is 4.97. The summed E-state index contributed by atoms with van der Waals surface area (Å²) in [6.07, 6.45) is 3.13. The molecule has 146 valence electrons. The second kappa shape index (κ2) is 8.91. The summed E-state index contributed by atoms with van der Waals surface area (Å²) >= 11 is 1.02. The lowest BCUT2D eigenvalue weighted by Crippen LogP contribution is -2.36. The van der Waals surface area contributed by atoms with E-state index in [0.29, 0.717) is 5.39 Å². The molecule has 0 atom stereocenters. The molecule has 8 heteroatoms. The van der Waals surface area contributed by atoms with E-state index in [-0.39, 0.29) is 28.2 Å². The van der Waals surface area contributed by atoms with Gasteiger partial charge in [0.2, 0.25) is 11.7 Å². The number of rotatable bonds is 4. The number of benzene rings is 1. The average molecular weight is 397 g/mol. The van der Waals surface area contributed by atoms with E-state index in [2.05, 4.69) is 15.3 Å². The highest BCUT2D eigenvalue weighted by atomic mass is 32.2. The molecule has 1 aromatic carbocycles. The number of nitrogens with zero attached hydrogens (tertiary/aromatic N) is 2. The van der Waals surface area contributed by atoms with Crippen LogP contribution in [-0.2, 0) is 11.0 Å². The summed E-state index contributed by atoms with van der Waals surface area (Å²) < 4.78 is 39.2. The zero-order valence-corrected chi connectivity index (χ0v) is 15.7. The molecule has 1 amide bonds. The Morgan fingerprint density at radius 3 is 2.44 bits per heavy atom. The van der Waals surface area contributed by atoms with Crippen LogP contribution in [0.3, 0.4) is 0 Å². The number of amides is 1. The molecule has 1 N–H and O–H groups in total. The fraction of sp³-hybridized carbons (Fsp3) is 0.526. The first-order chi connectivity index (χ1) is 12.9. The van der Waals surface area contributed by atoms with Crippen molar-refractivity contribution < 1.29 is 18.0 Å². The minimum Gasteiger partial charge on any atom is -0.353 e. The van der Waals surface area contributed by atoms with Crippen molar-refractivity contribution in [3.8, 4) is 0 Å². The second-order valence-corrected chi connectivity index (χ2v) is 7.73. The van der Waals surface area contributed by atoms with Gasteiger partial charge >= 0.3 is 6.18 Å². The van der Waals surface area contributed by atoms with E-state index >= 15 is 0 Å². The molecule has 0 aliphatic heterocycles. The van der Waals surface area contributed by atoms with E-state index < -0.39 is 12.0 Å². The molecular formula is C19H22F3N3OS. The molecule has 3 rings (SSSR count). The maximum atomic E-state index is 13.1. The van der Waals surface area contributed by atoms with Gasteiger partial charge in [0, 0.05) is 11.4 Å². The molecule has 1 aliphatic carbocycles. The third-order valence-electron chi connectivity index (χ3n) is 4.63. The van der Waals surface area contributed by atoms with E-state index in [1.54, 1.807) is 18.2 Å². The van der Waals surface area contributed by atoms with E-state index in [1.807, 2.05) is 0 Å². The lowest BCUT2D eigenvalue weighted by atomic mass is 9.97. The van der Waals surface area contributed by atoms with Gasteiger partial charge in [-0.25, -0.2) is 9.97 Å². The first-order valence-electron chi connectivity index (χ1n) is 9.19. The molecule has 0 radical (unpaired) electrons. The van der Waals surface area contributed by atoms with E-state index in [4.69, 9.17) is 0 Å². The van der Waals surface area contributed by atoms with Crippen molar-refractivity contribution in [1.82, 2.24) is 15.3 Å². The van der Waals surface area contributed by atoms with Gasteiger partial charge in [0.05, 0.1) is 11.3 Å². The van der Waals surface area contributed by atoms with Gasteiger partial charge in [-0.15, -0.1) is 0 Å². The van der Waals surface area contributed by atoms with Crippen molar-refractivity contribution in [2.24, 2.45) is 0 Å². The van der Waals surface area contributed by atoms with Crippen LogP contribution < -0.4 is 5.32 Å². The Morgan fingerprint density at radius 1 is 1.07 bits per heavy atom. The first-order valence-corrected chi connectivity index (χ1v) is 10.2. The fourth-order valence-electron chi connectivity index (χ4n) is 3.29. The number of nitrogens with one attached hydrogen (secondary N) is 1. The molecule has 1 fully saturated rings. The maximum absolute atomic E-state index is 13.1. The minimum atomic E-state index is -4.62. The molecule has 27 heavy (non-hydrogen) atoms. The molecule has 0 unspecified atom stereocenters. The largest absolute Gasteiger partial charge is 0.451 e. The molecule has 0 saturated heterocycles. The monoisotopic (exact) mass is 397 g/mol. The molecule has 1 aliphatic rings. The SMILES string of the molecule is O=C(CSc1nc(C(F)(F)F)nc2ccccc12)NC1CCCCCCC1. The van der Waals surface area contributed by atoms with Gasteiger partial charge in [0.1, 0.15) is 5.03 Å². The molecular weight excluding hydrogens is 375 g/mol. The van der Waals surface area contributed by atoms with Crippen LogP contribution in [0, 0.1) is 0 Å². The van der Waals surface area contributed by atoms with Crippen LogP contribution in [0.5, 0.6) is 0 Å². The molecule has 0 spiro atoms. The van der Waals surface area contributed by atoms with Gasteiger partial charge in [0.25, 0.3) is 0 Å². The van der Waals surface area contributed by atoms with E-state index in [1.165, 1.54) is 25.3 Å². The topological polar surface area (TPSA) is 54.9 Å². The molecule has 1 heterocycles. The Morgan fingerprint density at radius 2 is 1.74 bits per heavy atom. The van der Waals surface area contributed by atoms with Crippen LogP contribution in [0.2, 0.25) is 0 Å². The lowest BCUT2D eigenvalue weighted by molar-refractivity contribution is -0.145. The number of carbonyl (C=O) groups excluding carboxylic acids is 1. The second-order valence-electron chi connectivity index (χ2n) is 6.77. The van der Waals surface area contributed by atoms with Gasteiger partial charge < -0.3 is 5.32 Å². The predicted molar refractivity (Wildman–Crippen MR) is 99.5 cm³/mol. The maximum Gasteiger partial charge on any atom is 0.451 e. The van der Waals surface area contributed by atoms with Gasteiger partial charge in [0.15, 0.2) is 0 Å². The first kappa shape index (κ1) is 19.9. The Labute approximate surface area is 160 Å². The smallest absolute Gasteiger partial charge is 0.353 e. The number of aromatic nitrogens is 2. The van der Waals surface area contributed by atoms with E-state index in [9.17, 15) is 18.0 Å². The quantitative estimate of drug-likeness (QED) is 0.585. The van der Waals surface area contributed by atoms with Crippen LogP contribution in [0.4, 0.5) is 13.2 Å². The van der Waals surface area contributed by atoms with Gasteiger partial charge in [-0.1, -0.05) is 62.1 Å². The highest BCUT2D eigenvalue weighted by Gasteiger charge is 2.35. The minimum absolute atomic E-state index is 0.0365. The fourth-order valence-corrected chi connectivity index (χ4v) is 4.12. The summed E-state index contributed by atoms with van der Waals surface area (Å²) in [6.45, 7) is 0. The Bertz CT molecular complexity index is 789. The highest BCUT2D eigenvalue weighted by Crippen LogP contribution is 2.32. The lowest BCUT2D eigenvalue weighted by Gasteiger charge is -2.21. The normalized spacial score (nSPS) is 16.7. The number of carbonyl (C=O) groups is 1. The van der Waals surface area contributed by atoms with Crippen molar-refractivity contribution in [1.29, 1.82) is 0 Å². The Hall–Kier alpha value is -1.83. The van der Waals surface area contributed by atoms with Crippen molar-refractivity contribution >= 4 is 28.6 Å². The molecule has 4 nitrogen and oxygen atoms in total. The van der Waals surface area contributed by atoms with Crippen molar-refractivity contribution in [3.63, 3.8) is 0 Å². The van der Waals surface area contributed by atoms with Crippen LogP contribution in [0.1, 0.15) is 50.8 Å². The van der Waals surface area contributed by atoms with Gasteiger partial charge in [-0.05, 0) is 18.9 Å². The number of halogens is 3. The van der Waals surface area contributed by atoms with Crippen LogP contribution in [-0.4, -0.2) is 27.7 Å². The van der Waals surface area contributed by atoms with Crippen molar-refractivity contribution in [2.45, 2.75) is 62.2 Å². The summed E-state index contributed by atoms with van der Waals surface area (Å²) in [5, 5.41) is 3.73. The summed E-state index contributed by atoms with van der Waals surface area (Å²) in [5.41, 5.74) is 0.225. The average Bonchev–Trinajstić information content (AvgIpc) is 2.61. The molecule has 0 bridgehead atoms. The zero-order valence-electron chi connectivity index (χ0n) is 14.9. The third kappa shape index (κ3) is 5.57. The number of fused-ring (bicyclic) bond motifs is 1. The van der Waals surface area contributed by atoms with Gasteiger partial charge in [-0.3, -0.25) is 4.79 Å².